The Bertz CT molecular complexity index is 1010. The van der Waals surface area contributed by atoms with Gasteiger partial charge in [0.15, 0.2) is 5.13 Å². The molecule has 1 N–H and O–H groups in total. The highest BCUT2D eigenvalue weighted by atomic mass is 32.1. The van der Waals surface area contributed by atoms with Crippen LogP contribution in [0.3, 0.4) is 0 Å². The Morgan fingerprint density at radius 1 is 1.23 bits per heavy atom. The molecule has 0 atom stereocenters. The van der Waals surface area contributed by atoms with Crippen LogP contribution >= 0.6 is 11.3 Å². The summed E-state index contributed by atoms with van der Waals surface area (Å²) in [5.74, 6) is -0.218. The van der Waals surface area contributed by atoms with Crippen LogP contribution in [0, 0.1) is 12.7 Å². The van der Waals surface area contributed by atoms with Crippen molar-refractivity contribution in [2.75, 3.05) is 5.32 Å². The van der Waals surface area contributed by atoms with Gasteiger partial charge in [-0.05, 0) is 25.1 Å². The van der Waals surface area contributed by atoms with Gasteiger partial charge in [0.05, 0.1) is 29.6 Å². The molecule has 26 heavy (non-hydrogen) atoms. The third-order valence-corrected chi connectivity index (χ3v) is 5.12. The first-order valence-corrected chi connectivity index (χ1v) is 9.00. The maximum absolute atomic E-state index is 13.8. The summed E-state index contributed by atoms with van der Waals surface area (Å²) in [6, 6.07) is 10.6. The molecule has 132 valence electrons. The molecule has 0 bridgehead atoms. The molecule has 0 radical (unpaired) electrons. The standard InChI is InChI=1S/C19H17FN4OS/c1-13-18(26-19(22-13)21-10-14-7-9-25-12-14)17-6-8-24(23-17)11-15-4-2-3-5-16(15)20/h2-9,12H,10-11H2,1H3,(H,21,22). The van der Waals surface area contributed by atoms with Crippen molar-refractivity contribution in [3.05, 3.63) is 77.8 Å². The Morgan fingerprint density at radius 3 is 2.92 bits per heavy atom. The number of benzene rings is 1. The number of hydrogen-bond acceptors (Lipinski definition) is 5. The van der Waals surface area contributed by atoms with Crippen LogP contribution in [0.25, 0.3) is 10.6 Å². The van der Waals surface area contributed by atoms with Gasteiger partial charge in [-0.3, -0.25) is 4.68 Å². The van der Waals surface area contributed by atoms with E-state index in [2.05, 4.69) is 15.4 Å². The van der Waals surface area contributed by atoms with Crippen LogP contribution < -0.4 is 5.32 Å². The van der Waals surface area contributed by atoms with Crippen LogP contribution in [0.2, 0.25) is 0 Å². The zero-order valence-corrected chi connectivity index (χ0v) is 15.0. The first-order valence-electron chi connectivity index (χ1n) is 8.18. The van der Waals surface area contributed by atoms with Crippen LogP contribution in [0.15, 0.2) is 59.5 Å². The van der Waals surface area contributed by atoms with Gasteiger partial charge in [0, 0.05) is 23.9 Å². The fourth-order valence-electron chi connectivity index (χ4n) is 2.65. The van der Waals surface area contributed by atoms with E-state index in [1.807, 2.05) is 31.3 Å². The number of aromatic nitrogens is 3. The minimum absolute atomic E-state index is 0.218. The molecular weight excluding hydrogens is 351 g/mol. The molecule has 0 fully saturated rings. The lowest BCUT2D eigenvalue weighted by atomic mass is 10.2. The van der Waals surface area contributed by atoms with Crippen molar-refractivity contribution in [3.63, 3.8) is 0 Å². The highest BCUT2D eigenvalue weighted by molar-refractivity contribution is 7.19. The Kier molecular flexibility index (Phi) is 4.53. The number of thiazole rings is 1. The van der Waals surface area contributed by atoms with Gasteiger partial charge < -0.3 is 9.73 Å². The van der Waals surface area contributed by atoms with Gasteiger partial charge in [-0.25, -0.2) is 9.37 Å². The minimum atomic E-state index is -0.218. The summed E-state index contributed by atoms with van der Waals surface area (Å²) in [5.41, 5.74) is 3.44. The van der Waals surface area contributed by atoms with Crippen LogP contribution in [-0.2, 0) is 13.1 Å². The third-order valence-electron chi connectivity index (χ3n) is 3.98. The molecule has 0 aliphatic heterocycles. The third kappa shape index (κ3) is 3.52. The van der Waals surface area contributed by atoms with Gasteiger partial charge in [0.2, 0.25) is 0 Å². The molecule has 0 unspecified atom stereocenters. The van der Waals surface area contributed by atoms with Crippen molar-refractivity contribution in [2.45, 2.75) is 20.0 Å². The van der Waals surface area contributed by atoms with E-state index >= 15 is 0 Å². The average Bonchev–Trinajstić information content (AvgIpc) is 3.36. The quantitative estimate of drug-likeness (QED) is 0.536. The van der Waals surface area contributed by atoms with Crippen LogP contribution in [0.4, 0.5) is 9.52 Å². The minimum Gasteiger partial charge on any atom is -0.472 e. The topological polar surface area (TPSA) is 55.9 Å². The van der Waals surface area contributed by atoms with Crippen molar-refractivity contribution in [1.82, 2.24) is 14.8 Å². The highest BCUT2D eigenvalue weighted by Gasteiger charge is 2.13. The summed E-state index contributed by atoms with van der Waals surface area (Å²) >= 11 is 1.55. The lowest BCUT2D eigenvalue weighted by Crippen LogP contribution is -2.02. The molecule has 3 heterocycles. The van der Waals surface area contributed by atoms with Gasteiger partial charge in [-0.2, -0.15) is 5.10 Å². The Morgan fingerprint density at radius 2 is 2.12 bits per heavy atom. The zero-order chi connectivity index (χ0) is 17.9. The molecule has 0 aliphatic carbocycles. The molecule has 1 aromatic carbocycles. The summed E-state index contributed by atoms with van der Waals surface area (Å²) in [6.45, 7) is 3.02. The van der Waals surface area contributed by atoms with Crippen molar-refractivity contribution < 1.29 is 8.81 Å². The monoisotopic (exact) mass is 368 g/mol. The van der Waals surface area contributed by atoms with E-state index in [0.717, 1.165) is 27.0 Å². The van der Waals surface area contributed by atoms with Gasteiger partial charge >= 0.3 is 0 Å². The van der Waals surface area contributed by atoms with E-state index in [-0.39, 0.29) is 5.82 Å². The van der Waals surface area contributed by atoms with E-state index in [4.69, 9.17) is 4.42 Å². The highest BCUT2D eigenvalue weighted by Crippen LogP contribution is 2.31. The Balaban J connectivity index is 1.49. The molecule has 0 spiro atoms. The maximum atomic E-state index is 13.8. The molecule has 0 amide bonds. The largest absolute Gasteiger partial charge is 0.472 e. The average molecular weight is 368 g/mol. The number of rotatable bonds is 6. The van der Waals surface area contributed by atoms with E-state index < -0.39 is 0 Å². The van der Waals surface area contributed by atoms with Gasteiger partial charge in [0.1, 0.15) is 11.5 Å². The van der Waals surface area contributed by atoms with E-state index in [0.29, 0.717) is 18.7 Å². The summed E-state index contributed by atoms with van der Waals surface area (Å²) in [7, 11) is 0. The SMILES string of the molecule is Cc1nc(NCc2ccoc2)sc1-c1ccn(Cc2ccccc2F)n1. The number of hydrogen-bond donors (Lipinski definition) is 1. The van der Waals surface area contributed by atoms with Gasteiger partial charge in [0.25, 0.3) is 0 Å². The first kappa shape index (κ1) is 16.5. The number of aryl methyl sites for hydroxylation is 1. The molecule has 0 saturated heterocycles. The van der Waals surface area contributed by atoms with Crippen LogP contribution in [0.5, 0.6) is 0 Å². The second-order valence-electron chi connectivity index (χ2n) is 5.91. The van der Waals surface area contributed by atoms with Crippen molar-refractivity contribution in [1.29, 1.82) is 0 Å². The second-order valence-corrected chi connectivity index (χ2v) is 6.91. The second kappa shape index (κ2) is 7.13. The lowest BCUT2D eigenvalue weighted by molar-refractivity contribution is 0.564. The van der Waals surface area contributed by atoms with Crippen molar-refractivity contribution >= 4 is 16.5 Å². The molecule has 4 rings (SSSR count). The predicted octanol–water partition coefficient (Wildman–Crippen LogP) is 4.71. The fourth-order valence-corrected chi connectivity index (χ4v) is 3.58. The molecular formula is C19H17FN4OS. The van der Waals surface area contributed by atoms with E-state index in [1.165, 1.54) is 6.07 Å². The summed E-state index contributed by atoms with van der Waals surface area (Å²) in [4.78, 5) is 5.57. The first-order chi connectivity index (χ1) is 12.7. The molecule has 4 aromatic rings. The molecule has 5 nitrogen and oxygen atoms in total. The van der Waals surface area contributed by atoms with Gasteiger partial charge in [-0.15, -0.1) is 0 Å². The van der Waals surface area contributed by atoms with E-state index in [1.54, 1.807) is 40.7 Å². The smallest absolute Gasteiger partial charge is 0.183 e. The van der Waals surface area contributed by atoms with E-state index in [9.17, 15) is 4.39 Å². The van der Waals surface area contributed by atoms with Crippen molar-refractivity contribution in [3.8, 4) is 10.6 Å². The van der Waals surface area contributed by atoms with Crippen molar-refractivity contribution in [2.24, 2.45) is 0 Å². The molecule has 7 heteroatoms. The zero-order valence-electron chi connectivity index (χ0n) is 14.1. The predicted molar refractivity (Wildman–Crippen MR) is 99.6 cm³/mol. The number of nitrogens with one attached hydrogen (secondary N) is 1. The molecule has 0 aliphatic rings. The molecule has 0 saturated carbocycles. The Hall–Kier alpha value is -2.93. The number of anilines is 1. The lowest BCUT2D eigenvalue weighted by Gasteiger charge is -2.03. The summed E-state index contributed by atoms with van der Waals surface area (Å²) < 4.78 is 20.6. The molecule has 3 aromatic heterocycles. The summed E-state index contributed by atoms with van der Waals surface area (Å²) in [6.07, 6.45) is 5.22. The van der Waals surface area contributed by atoms with Crippen LogP contribution in [0.1, 0.15) is 16.8 Å². The number of furan rings is 1. The van der Waals surface area contributed by atoms with Gasteiger partial charge in [-0.1, -0.05) is 29.5 Å². The maximum Gasteiger partial charge on any atom is 0.183 e. The summed E-state index contributed by atoms with van der Waals surface area (Å²) in [5, 5.41) is 8.71. The fraction of sp³-hybridized carbons (Fsp3) is 0.158. The normalized spacial score (nSPS) is 11.0. The number of halogens is 1. The Labute approximate surface area is 154 Å². The van der Waals surface area contributed by atoms with Crippen LogP contribution in [-0.4, -0.2) is 14.8 Å². The number of nitrogens with zero attached hydrogens (tertiary/aromatic N) is 3.